The van der Waals surface area contributed by atoms with Crippen LogP contribution in [0.1, 0.15) is 13.8 Å². The number of hydrogen-bond donors (Lipinski definition) is 3. The monoisotopic (exact) mass is 452 g/mol. The van der Waals surface area contributed by atoms with Crippen molar-refractivity contribution in [2.24, 2.45) is 17.0 Å². The van der Waals surface area contributed by atoms with Crippen LogP contribution in [0.4, 0.5) is 14.9 Å². The fraction of sp³-hybridized carbons (Fsp3) is 0.263. The van der Waals surface area contributed by atoms with Crippen molar-refractivity contribution in [2.45, 2.75) is 24.8 Å². The zero-order valence-electron chi connectivity index (χ0n) is 16.7. The average molecular weight is 452 g/mol. The number of anilines is 1. The van der Waals surface area contributed by atoms with E-state index < -0.39 is 39.4 Å². The van der Waals surface area contributed by atoms with Gasteiger partial charge in [0.15, 0.2) is 0 Å². The molecule has 0 aliphatic carbocycles. The number of nitrogens with zero attached hydrogens (tertiary/aromatic N) is 1. The molecule has 0 bridgehead atoms. The minimum absolute atomic E-state index is 0.00781. The molecule has 31 heavy (non-hydrogen) atoms. The smallest absolute Gasteiger partial charge is 0.409 e. The molecule has 10 nitrogen and oxygen atoms in total. The van der Waals surface area contributed by atoms with Gasteiger partial charge in [-0.05, 0) is 50.2 Å². The molecule has 5 N–H and O–H groups in total. The zero-order valence-corrected chi connectivity index (χ0v) is 17.5. The van der Waals surface area contributed by atoms with Crippen molar-refractivity contribution in [1.82, 2.24) is 5.43 Å². The molecule has 1 heterocycles. The first-order chi connectivity index (χ1) is 14.5. The van der Waals surface area contributed by atoms with E-state index in [0.717, 1.165) is 28.6 Å². The highest BCUT2D eigenvalue weighted by Crippen LogP contribution is 2.42. The predicted octanol–water partition coefficient (Wildman–Crippen LogP) is 1.26. The maximum atomic E-state index is 13.4. The van der Waals surface area contributed by atoms with Gasteiger partial charge in [0, 0.05) is 6.07 Å². The van der Waals surface area contributed by atoms with E-state index in [-0.39, 0.29) is 28.6 Å². The Morgan fingerprint density at radius 1 is 1.23 bits per heavy atom. The van der Waals surface area contributed by atoms with Crippen LogP contribution in [-0.4, -0.2) is 33.1 Å². The zero-order chi connectivity index (χ0) is 23.0. The van der Waals surface area contributed by atoms with Crippen molar-refractivity contribution in [1.29, 1.82) is 0 Å². The van der Waals surface area contributed by atoms with Gasteiger partial charge < -0.3 is 15.2 Å². The van der Waals surface area contributed by atoms with Gasteiger partial charge in [0.1, 0.15) is 23.4 Å². The third-order valence-corrected chi connectivity index (χ3v) is 6.74. The molecule has 0 saturated heterocycles. The van der Waals surface area contributed by atoms with Crippen molar-refractivity contribution in [3.63, 3.8) is 0 Å². The van der Waals surface area contributed by atoms with Crippen molar-refractivity contribution >= 4 is 27.7 Å². The number of benzene rings is 2. The molecule has 0 saturated carbocycles. The first-order valence-electron chi connectivity index (χ1n) is 9.04. The van der Waals surface area contributed by atoms with Crippen LogP contribution in [0, 0.1) is 11.2 Å². The number of hydrazine groups is 1. The van der Waals surface area contributed by atoms with Gasteiger partial charge in [0.05, 0.1) is 22.5 Å². The van der Waals surface area contributed by atoms with Gasteiger partial charge >= 0.3 is 6.09 Å². The SMILES string of the molecule is CC(C)(C(=O)NN)C1CN(S(=O)(=O)c2ccc(F)cc2)c2cc(OC(N)=O)ccc2O1. The summed E-state index contributed by atoms with van der Waals surface area (Å²) in [5.74, 6) is 4.22. The van der Waals surface area contributed by atoms with Crippen LogP contribution in [0.2, 0.25) is 0 Å². The summed E-state index contributed by atoms with van der Waals surface area (Å²) >= 11 is 0. The Labute approximate surface area is 177 Å². The Morgan fingerprint density at radius 2 is 1.87 bits per heavy atom. The van der Waals surface area contributed by atoms with Gasteiger partial charge in [-0.2, -0.15) is 0 Å². The fourth-order valence-corrected chi connectivity index (χ4v) is 4.55. The molecule has 2 aromatic carbocycles. The Morgan fingerprint density at radius 3 is 2.45 bits per heavy atom. The summed E-state index contributed by atoms with van der Waals surface area (Å²) in [6.07, 6.45) is -2.01. The number of carbonyl (C=O) groups is 2. The summed E-state index contributed by atoms with van der Waals surface area (Å²) in [6, 6.07) is 8.31. The third kappa shape index (κ3) is 4.25. The first kappa shape index (κ1) is 22.3. The number of sulfonamides is 1. The highest BCUT2D eigenvalue weighted by atomic mass is 32.2. The predicted molar refractivity (Wildman–Crippen MR) is 108 cm³/mol. The number of fused-ring (bicyclic) bond motifs is 1. The lowest BCUT2D eigenvalue weighted by atomic mass is 9.84. The lowest BCUT2D eigenvalue weighted by Gasteiger charge is -2.41. The number of amides is 2. The van der Waals surface area contributed by atoms with Gasteiger partial charge in [-0.3, -0.25) is 14.5 Å². The number of halogens is 1. The lowest BCUT2D eigenvalue weighted by molar-refractivity contribution is -0.134. The molecular formula is C19H21FN4O6S. The number of carbonyl (C=O) groups excluding carboxylic acids is 2. The molecule has 1 aliphatic rings. The second-order valence-corrected chi connectivity index (χ2v) is 9.20. The fourth-order valence-electron chi connectivity index (χ4n) is 3.08. The highest BCUT2D eigenvalue weighted by Gasteiger charge is 2.45. The minimum atomic E-state index is -4.21. The Hall–Kier alpha value is -3.38. The number of rotatable bonds is 5. The highest BCUT2D eigenvalue weighted by molar-refractivity contribution is 7.92. The molecule has 0 radical (unpaired) electrons. The molecular weight excluding hydrogens is 431 g/mol. The second kappa shape index (κ2) is 8.04. The summed E-state index contributed by atoms with van der Waals surface area (Å²) in [6.45, 7) is 2.84. The Bertz CT molecular complexity index is 1120. The molecule has 3 rings (SSSR count). The van der Waals surface area contributed by atoms with E-state index in [1.807, 2.05) is 5.43 Å². The topological polar surface area (TPSA) is 154 Å². The van der Waals surface area contributed by atoms with Gasteiger partial charge in [-0.25, -0.2) is 23.4 Å². The molecule has 0 spiro atoms. The number of hydrogen-bond acceptors (Lipinski definition) is 7. The van der Waals surface area contributed by atoms with E-state index in [1.165, 1.54) is 18.2 Å². The Balaban J connectivity index is 2.13. The average Bonchev–Trinajstić information content (AvgIpc) is 2.72. The molecule has 12 heteroatoms. The van der Waals surface area contributed by atoms with E-state index in [4.69, 9.17) is 21.1 Å². The largest absolute Gasteiger partial charge is 0.485 e. The van der Waals surface area contributed by atoms with Gasteiger partial charge in [-0.1, -0.05) is 0 Å². The molecule has 166 valence electrons. The van der Waals surface area contributed by atoms with Crippen molar-refractivity contribution in [3.8, 4) is 11.5 Å². The number of nitrogens with two attached hydrogens (primary N) is 2. The Kier molecular flexibility index (Phi) is 5.79. The summed E-state index contributed by atoms with van der Waals surface area (Å²) in [5, 5.41) is 0. The number of primary amides is 1. The van der Waals surface area contributed by atoms with Crippen molar-refractivity contribution < 1.29 is 31.9 Å². The summed E-state index contributed by atoms with van der Waals surface area (Å²) in [4.78, 5) is 23.2. The van der Waals surface area contributed by atoms with E-state index in [1.54, 1.807) is 13.8 Å². The summed E-state index contributed by atoms with van der Waals surface area (Å²) in [7, 11) is -4.21. The maximum absolute atomic E-state index is 13.4. The molecule has 0 aromatic heterocycles. The quantitative estimate of drug-likeness (QED) is 0.350. The van der Waals surface area contributed by atoms with Crippen LogP contribution in [-0.2, 0) is 14.8 Å². The van der Waals surface area contributed by atoms with Crippen LogP contribution in [0.25, 0.3) is 0 Å². The lowest BCUT2D eigenvalue weighted by Crippen LogP contribution is -2.56. The second-order valence-electron chi connectivity index (χ2n) is 7.34. The van der Waals surface area contributed by atoms with E-state index in [9.17, 15) is 22.4 Å². The van der Waals surface area contributed by atoms with Crippen LogP contribution in [0.3, 0.4) is 0 Å². The van der Waals surface area contributed by atoms with Crippen LogP contribution in [0.15, 0.2) is 47.4 Å². The molecule has 2 amide bonds. The van der Waals surface area contributed by atoms with Gasteiger partial charge in [0.25, 0.3) is 10.0 Å². The molecule has 1 aliphatic heterocycles. The first-order valence-corrected chi connectivity index (χ1v) is 10.5. The van der Waals surface area contributed by atoms with Gasteiger partial charge in [-0.15, -0.1) is 0 Å². The summed E-state index contributed by atoms with van der Waals surface area (Å²) < 4.78 is 51.9. The minimum Gasteiger partial charge on any atom is -0.485 e. The third-order valence-electron chi connectivity index (χ3n) is 4.94. The van der Waals surface area contributed by atoms with Crippen LogP contribution in [0.5, 0.6) is 11.5 Å². The van der Waals surface area contributed by atoms with E-state index in [2.05, 4.69) is 0 Å². The normalized spacial score (nSPS) is 16.1. The standard InChI is InChI=1S/C19H21FN4O6S/c1-19(2,17(25)23-22)16-10-24(31(27,28)13-6-3-11(20)4-7-13)14-9-12(29-18(21)26)5-8-15(14)30-16/h3-9,16H,10,22H2,1-2H3,(H2,21,26)(H,23,25). The van der Waals surface area contributed by atoms with Crippen molar-refractivity contribution in [2.75, 3.05) is 10.8 Å². The van der Waals surface area contributed by atoms with Crippen molar-refractivity contribution in [3.05, 3.63) is 48.3 Å². The van der Waals surface area contributed by atoms with Crippen LogP contribution >= 0.6 is 0 Å². The number of nitrogens with one attached hydrogen (secondary N) is 1. The number of ether oxygens (including phenoxy) is 2. The maximum Gasteiger partial charge on any atom is 0.409 e. The molecule has 2 aromatic rings. The molecule has 1 unspecified atom stereocenters. The summed E-state index contributed by atoms with van der Waals surface area (Å²) in [5.41, 5.74) is 5.93. The molecule has 1 atom stereocenters. The molecule has 0 fully saturated rings. The van der Waals surface area contributed by atoms with E-state index >= 15 is 0 Å². The van der Waals surface area contributed by atoms with E-state index in [0.29, 0.717) is 0 Å². The van der Waals surface area contributed by atoms with Gasteiger partial charge in [0.2, 0.25) is 5.91 Å². The van der Waals surface area contributed by atoms with Crippen LogP contribution < -0.4 is 30.8 Å².